The van der Waals surface area contributed by atoms with Crippen molar-refractivity contribution in [2.75, 3.05) is 13.1 Å². The fourth-order valence-electron chi connectivity index (χ4n) is 3.12. The molecule has 0 N–H and O–H groups in total. The molecule has 4 nitrogen and oxygen atoms in total. The van der Waals surface area contributed by atoms with Gasteiger partial charge in [0.1, 0.15) is 17.4 Å². The molecular formula is C20H19NO3. The van der Waals surface area contributed by atoms with Gasteiger partial charge in [0.15, 0.2) is 5.76 Å². The van der Waals surface area contributed by atoms with E-state index in [1.165, 1.54) is 0 Å². The van der Waals surface area contributed by atoms with Crippen LogP contribution in [0.2, 0.25) is 0 Å². The topological polar surface area (TPSA) is 42.7 Å². The summed E-state index contributed by atoms with van der Waals surface area (Å²) >= 11 is 0. The van der Waals surface area contributed by atoms with Crippen molar-refractivity contribution in [2.45, 2.75) is 19.4 Å². The van der Waals surface area contributed by atoms with Gasteiger partial charge in [-0.1, -0.05) is 29.8 Å². The molecule has 1 amide bonds. The minimum atomic E-state index is -0.0667. The summed E-state index contributed by atoms with van der Waals surface area (Å²) < 4.78 is 11.7. The van der Waals surface area contributed by atoms with E-state index >= 15 is 0 Å². The number of carbonyl (C=O) groups excluding carboxylic acids is 1. The normalized spacial score (nSPS) is 17.4. The van der Waals surface area contributed by atoms with Crippen molar-refractivity contribution in [3.05, 3.63) is 65.9 Å². The van der Waals surface area contributed by atoms with Crippen molar-refractivity contribution in [3.63, 3.8) is 0 Å². The van der Waals surface area contributed by atoms with E-state index < -0.39 is 0 Å². The second-order valence-corrected chi connectivity index (χ2v) is 6.24. The first-order valence-corrected chi connectivity index (χ1v) is 8.20. The van der Waals surface area contributed by atoms with Gasteiger partial charge >= 0.3 is 0 Å². The van der Waals surface area contributed by atoms with Crippen LogP contribution in [0, 0.1) is 6.92 Å². The summed E-state index contributed by atoms with van der Waals surface area (Å²) in [6.45, 7) is 3.30. The quantitative estimate of drug-likeness (QED) is 0.731. The van der Waals surface area contributed by atoms with E-state index in [2.05, 4.69) is 0 Å². The number of fused-ring (bicyclic) bond motifs is 1. The molecule has 0 spiro atoms. The Bertz CT molecular complexity index is 869. The summed E-state index contributed by atoms with van der Waals surface area (Å²) in [5.74, 6) is 1.18. The Morgan fingerprint density at radius 3 is 2.83 bits per heavy atom. The first kappa shape index (κ1) is 14.8. The standard InChI is InChI=1S/C20H19NO3/c1-14-7-8-18-15(11-14)12-19(24-18)20(22)21-10-9-17(13-21)23-16-5-3-2-4-6-16/h2-8,11-12,17H,9-10,13H2,1H3/t17-/m1/s1. The van der Waals surface area contributed by atoms with E-state index in [9.17, 15) is 4.79 Å². The van der Waals surface area contributed by atoms with Crippen LogP contribution < -0.4 is 4.74 Å². The number of carbonyl (C=O) groups is 1. The minimum absolute atomic E-state index is 0.0305. The van der Waals surface area contributed by atoms with Gasteiger partial charge in [-0.25, -0.2) is 0 Å². The average molecular weight is 321 g/mol. The second kappa shape index (κ2) is 6.04. The maximum atomic E-state index is 12.7. The SMILES string of the molecule is Cc1ccc2oc(C(=O)N3CC[C@@H](Oc4ccccc4)C3)cc2c1. The molecule has 1 aliphatic heterocycles. The van der Waals surface area contributed by atoms with Crippen LogP contribution in [0.4, 0.5) is 0 Å². The van der Waals surface area contributed by atoms with Gasteiger partial charge in [0.25, 0.3) is 5.91 Å². The van der Waals surface area contributed by atoms with Crippen LogP contribution in [-0.2, 0) is 0 Å². The first-order chi connectivity index (χ1) is 11.7. The lowest BCUT2D eigenvalue weighted by Gasteiger charge is -2.16. The highest BCUT2D eigenvalue weighted by atomic mass is 16.5. The van der Waals surface area contributed by atoms with Gasteiger partial charge in [-0.15, -0.1) is 0 Å². The Balaban J connectivity index is 1.46. The summed E-state index contributed by atoms with van der Waals surface area (Å²) in [5.41, 5.74) is 1.90. The molecule has 4 heteroatoms. The third kappa shape index (κ3) is 2.87. The predicted molar refractivity (Wildman–Crippen MR) is 92.3 cm³/mol. The number of para-hydroxylation sites is 1. The summed E-state index contributed by atoms with van der Waals surface area (Å²) in [6, 6.07) is 17.5. The minimum Gasteiger partial charge on any atom is -0.489 e. The molecule has 1 atom stereocenters. The molecule has 4 rings (SSSR count). The molecule has 3 aromatic rings. The van der Waals surface area contributed by atoms with E-state index in [1.807, 2.05) is 61.5 Å². The van der Waals surface area contributed by atoms with Crippen LogP contribution in [0.25, 0.3) is 11.0 Å². The molecule has 0 bridgehead atoms. The number of benzene rings is 2. The molecule has 0 saturated carbocycles. The Morgan fingerprint density at radius 1 is 1.17 bits per heavy atom. The fourth-order valence-corrected chi connectivity index (χ4v) is 3.12. The number of amides is 1. The molecule has 1 fully saturated rings. The predicted octanol–water partition coefficient (Wildman–Crippen LogP) is 4.03. The van der Waals surface area contributed by atoms with E-state index in [1.54, 1.807) is 4.90 Å². The van der Waals surface area contributed by atoms with Gasteiger partial charge in [0, 0.05) is 18.4 Å². The van der Waals surface area contributed by atoms with Crippen LogP contribution in [0.15, 0.2) is 59.0 Å². The third-order valence-electron chi connectivity index (χ3n) is 4.36. The molecular weight excluding hydrogens is 302 g/mol. The maximum absolute atomic E-state index is 12.7. The number of hydrogen-bond acceptors (Lipinski definition) is 3. The van der Waals surface area contributed by atoms with E-state index in [-0.39, 0.29) is 12.0 Å². The van der Waals surface area contributed by atoms with Crippen LogP contribution in [0.3, 0.4) is 0 Å². The summed E-state index contributed by atoms with van der Waals surface area (Å²) in [4.78, 5) is 14.5. The second-order valence-electron chi connectivity index (χ2n) is 6.24. The number of ether oxygens (including phenoxy) is 1. The van der Waals surface area contributed by atoms with Gasteiger partial charge in [-0.05, 0) is 37.3 Å². The molecule has 0 radical (unpaired) electrons. The molecule has 1 aliphatic rings. The summed E-state index contributed by atoms with van der Waals surface area (Å²) in [7, 11) is 0. The lowest BCUT2D eigenvalue weighted by Crippen LogP contribution is -2.30. The van der Waals surface area contributed by atoms with Crippen LogP contribution in [0.5, 0.6) is 5.75 Å². The smallest absolute Gasteiger partial charge is 0.289 e. The van der Waals surface area contributed by atoms with Crippen molar-refractivity contribution in [1.82, 2.24) is 4.90 Å². The zero-order valence-corrected chi connectivity index (χ0v) is 13.6. The number of furan rings is 1. The van der Waals surface area contributed by atoms with Crippen LogP contribution in [-0.4, -0.2) is 30.0 Å². The Kier molecular flexibility index (Phi) is 3.73. The van der Waals surface area contributed by atoms with Crippen molar-refractivity contribution in [3.8, 4) is 5.75 Å². The van der Waals surface area contributed by atoms with Gasteiger partial charge in [0.05, 0.1) is 6.54 Å². The number of hydrogen-bond donors (Lipinski definition) is 0. The van der Waals surface area contributed by atoms with Crippen LogP contribution in [0.1, 0.15) is 22.5 Å². The highest BCUT2D eigenvalue weighted by Crippen LogP contribution is 2.24. The molecule has 0 aliphatic carbocycles. The number of nitrogens with zero attached hydrogens (tertiary/aromatic N) is 1. The Labute approximate surface area is 140 Å². The van der Waals surface area contributed by atoms with Gasteiger partial charge in [0.2, 0.25) is 0 Å². The summed E-state index contributed by atoms with van der Waals surface area (Å²) in [5, 5.41) is 0.967. The molecule has 24 heavy (non-hydrogen) atoms. The van der Waals surface area contributed by atoms with E-state index in [0.29, 0.717) is 18.8 Å². The zero-order valence-electron chi connectivity index (χ0n) is 13.6. The highest BCUT2D eigenvalue weighted by molar-refractivity contribution is 5.96. The zero-order chi connectivity index (χ0) is 16.5. The van der Waals surface area contributed by atoms with Crippen molar-refractivity contribution < 1.29 is 13.9 Å². The average Bonchev–Trinajstić information content (AvgIpc) is 3.21. The molecule has 0 unspecified atom stereocenters. The highest BCUT2D eigenvalue weighted by Gasteiger charge is 2.30. The Hall–Kier alpha value is -2.75. The van der Waals surface area contributed by atoms with Crippen molar-refractivity contribution in [1.29, 1.82) is 0 Å². The van der Waals surface area contributed by atoms with Gasteiger partial charge in [-0.2, -0.15) is 0 Å². The number of rotatable bonds is 3. The molecule has 122 valence electrons. The van der Waals surface area contributed by atoms with Crippen molar-refractivity contribution >= 4 is 16.9 Å². The number of aryl methyl sites for hydroxylation is 1. The molecule has 1 saturated heterocycles. The molecule has 2 aromatic carbocycles. The monoisotopic (exact) mass is 321 g/mol. The first-order valence-electron chi connectivity index (χ1n) is 8.20. The maximum Gasteiger partial charge on any atom is 0.289 e. The number of likely N-dealkylation sites (tertiary alicyclic amines) is 1. The third-order valence-corrected chi connectivity index (χ3v) is 4.36. The van der Waals surface area contributed by atoms with E-state index in [4.69, 9.17) is 9.15 Å². The fraction of sp³-hybridized carbons (Fsp3) is 0.250. The largest absolute Gasteiger partial charge is 0.489 e. The summed E-state index contributed by atoms with van der Waals surface area (Å²) in [6.07, 6.45) is 0.864. The lowest BCUT2D eigenvalue weighted by molar-refractivity contribution is 0.0743. The van der Waals surface area contributed by atoms with E-state index in [0.717, 1.165) is 28.7 Å². The molecule has 2 heterocycles. The Morgan fingerprint density at radius 2 is 2.00 bits per heavy atom. The van der Waals surface area contributed by atoms with Crippen molar-refractivity contribution in [2.24, 2.45) is 0 Å². The van der Waals surface area contributed by atoms with Crippen LogP contribution >= 0.6 is 0 Å². The molecule has 1 aromatic heterocycles. The van der Waals surface area contributed by atoms with Gasteiger partial charge in [-0.3, -0.25) is 4.79 Å². The lowest BCUT2D eigenvalue weighted by atomic mass is 10.2. The van der Waals surface area contributed by atoms with Gasteiger partial charge < -0.3 is 14.1 Å².